The lowest BCUT2D eigenvalue weighted by molar-refractivity contribution is 0.677. The molecule has 0 spiro atoms. The predicted molar refractivity (Wildman–Crippen MR) is 61.6 cm³/mol. The molecule has 1 N–H and O–H groups in total. The van der Waals surface area contributed by atoms with Crippen molar-refractivity contribution in [2.24, 2.45) is 7.05 Å². The lowest BCUT2D eigenvalue weighted by atomic mass is 10.3. The van der Waals surface area contributed by atoms with E-state index in [0.717, 1.165) is 31.8 Å². The highest BCUT2D eigenvalue weighted by Gasteiger charge is 1.95. The third-order valence-corrected chi connectivity index (χ3v) is 2.19. The summed E-state index contributed by atoms with van der Waals surface area (Å²) in [7, 11) is 1.92. The van der Waals surface area contributed by atoms with Crippen LogP contribution in [0.1, 0.15) is 25.6 Å². The van der Waals surface area contributed by atoms with E-state index in [-0.39, 0.29) is 0 Å². The average Bonchev–Trinajstić information content (AvgIpc) is 2.63. The van der Waals surface area contributed by atoms with Crippen LogP contribution >= 0.6 is 0 Å². The van der Waals surface area contributed by atoms with Crippen molar-refractivity contribution in [2.75, 3.05) is 13.1 Å². The Labute approximate surface area is 91.4 Å². The van der Waals surface area contributed by atoms with E-state index in [1.807, 2.05) is 7.05 Å². The summed E-state index contributed by atoms with van der Waals surface area (Å²) in [5.41, 5.74) is 0. The van der Waals surface area contributed by atoms with Crippen molar-refractivity contribution >= 4 is 0 Å². The molecule has 0 bridgehead atoms. The smallest absolute Gasteiger partial charge is 0.138 e. The van der Waals surface area contributed by atoms with Gasteiger partial charge in [0.1, 0.15) is 12.2 Å². The molecule has 1 heterocycles. The van der Waals surface area contributed by atoms with Crippen molar-refractivity contribution < 1.29 is 0 Å². The van der Waals surface area contributed by atoms with Crippen LogP contribution < -0.4 is 5.32 Å². The number of rotatable bonds is 7. The first-order chi connectivity index (χ1) is 7.34. The summed E-state index contributed by atoms with van der Waals surface area (Å²) in [6.07, 6.45) is 9.08. The van der Waals surface area contributed by atoms with E-state index in [1.165, 1.54) is 6.42 Å². The topological polar surface area (TPSA) is 42.7 Å². The Morgan fingerprint density at radius 1 is 1.40 bits per heavy atom. The Bertz CT molecular complexity index is 291. The van der Waals surface area contributed by atoms with Crippen LogP contribution in [0.5, 0.6) is 0 Å². The first-order valence-electron chi connectivity index (χ1n) is 5.53. The summed E-state index contributed by atoms with van der Waals surface area (Å²) < 4.78 is 1.81. The fraction of sp³-hybridized carbons (Fsp3) is 0.636. The van der Waals surface area contributed by atoms with Crippen LogP contribution in [-0.2, 0) is 13.5 Å². The van der Waals surface area contributed by atoms with Gasteiger partial charge in [0.15, 0.2) is 0 Å². The molecule has 0 saturated heterocycles. The quantitative estimate of drug-likeness (QED) is 0.542. The molecule has 0 aliphatic heterocycles. The minimum atomic E-state index is 0.865. The Morgan fingerprint density at radius 3 is 2.93 bits per heavy atom. The maximum atomic E-state index is 4.15. The van der Waals surface area contributed by atoms with Gasteiger partial charge >= 0.3 is 0 Å². The van der Waals surface area contributed by atoms with Crippen LogP contribution in [0.25, 0.3) is 0 Å². The SMILES string of the molecule is CCCNCCC=CCc1ncnn1C. The summed E-state index contributed by atoms with van der Waals surface area (Å²) in [6, 6.07) is 0. The molecule has 0 radical (unpaired) electrons. The van der Waals surface area contributed by atoms with Gasteiger partial charge in [0.05, 0.1) is 0 Å². The second kappa shape index (κ2) is 7.17. The van der Waals surface area contributed by atoms with Crippen LogP contribution in [-0.4, -0.2) is 27.9 Å². The highest BCUT2D eigenvalue weighted by Crippen LogP contribution is 1.94. The zero-order chi connectivity index (χ0) is 10.9. The van der Waals surface area contributed by atoms with E-state index in [0.29, 0.717) is 0 Å². The Kier molecular flexibility index (Phi) is 5.70. The van der Waals surface area contributed by atoms with E-state index in [2.05, 4.69) is 34.5 Å². The predicted octanol–water partition coefficient (Wildman–Crippen LogP) is 1.30. The summed E-state index contributed by atoms with van der Waals surface area (Å²) in [5, 5.41) is 7.37. The van der Waals surface area contributed by atoms with Crippen molar-refractivity contribution in [3.8, 4) is 0 Å². The third-order valence-electron chi connectivity index (χ3n) is 2.19. The second-order valence-electron chi connectivity index (χ2n) is 3.51. The van der Waals surface area contributed by atoms with Gasteiger partial charge in [-0.15, -0.1) is 0 Å². The molecule has 4 heteroatoms. The molecule has 1 aromatic rings. The molecule has 1 rings (SSSR count). The molecule has 0 unspecified atom stereocenters. The summed E-state index contributed by atoms with van der Waals surface area (Å²) in [4.78, 5) is 4.15. The average molecular weight is 208 g/mol. The lowest BCUT2D eigenvalue weighted by Crippen LogP contribution is -2.15. The highest BCUT2D eigenvalue weighted by atomic mass is 15.3. The third kappa shape index (κ3) is 4.74. The van der Waals surface area contributed by atoms with Gasteiger partial charge in [-0.2, -0.15) is 5.10 Å². The molecule has 4 nitrogen and oxygen atoms in total. The molecule has 0 aliphatic carbocycles. The normalized spacial score (nSPS) is 11.3. The maximum absolute atomic E-state index is 4.15. The minimum absolute atomic E-state index is 0.865. The first-order valence-corrected chi connectivity index (χ1v) is 5.53. The van der Waals surface area contributed by atoms with Gasteiger partial charge in [0, 0.05) is 13.5 Å². The summed E-state index contributed by atoms with van der Waals surface area (Å²) in [5.74, 6) is 1.01. The number of nitrogens with zero attached hydrogens (tertiary/aromatic N) is 3. The molecule has 0 amide bonds. The Hall–Kier alpha value is -1.16. The zero-order valence-electron chi connectivity index (χ0n) is 9.61. The van der Waals surface area contributed by atoms with Gasteiger partial charge in [-0.25, -0.2) is 4.98 Å². The van der Waals surface area contributed by atoms with Crippen LogP contribution in [0.4, 0.5) is 0 Å². The van der Waals surface area contributed by atoms with Crippen molar-refractivity contribution in [3.05, 3.63) is 24.3 Å². The molecule has 0 aromatic carbocycles. The molecule has 84 valence electrons. The molecular weight excluding hydrogens is 188 g/mol. The number of aryl methyl sites for hydroxylation is 1. The molecule has 0 aliphatic rings. The van der Waals surface area contributed by atoms with Gasteiger partial charge in [-0.1, -0.05) is 19.1 Å². The van der Waals surface area contributed by atoms with Crippen LogP contribution in [0.3, 0.4) is 0 Å². The number of hydrogen-bond acceptors (Lipinski definition) is 3. The minimum Gasteiger partial charge on any atom is -0.316 e. The van der Waals surface area contributed by atoms with Crippen LogP contribution in [0.2, 0.25) is 0 Å². The number of aromatic nitrogens is 3. The molecule has 15 heavy (non-hydrogen) atoms. The van der Waals surface area contributed by atoms with Crippen LogP contribution in [0.15, 0.2) is 18.5 Å². The van der Waals surface area contributed by atoms with Gasteiger partial charge in [-0.3, -0.25) is 4.68 Å². The Balaban J connectivity index is 2.09. The first kappa shape index (κ1) is 11.9. The molecular formula is C11H20N4. The van der Waals surface area contributed by atoms with Gasteiger partial charge in [0.2, 0.25) is 0 Å². The largest absolute Gasteiger partial charge is 0.316 e. The van der Waals surface area contributed by atoms with Gasteiger partial charge in [-0.05, 0) is 25.9 Å². The van der Waals surface area contributed by atoms with E-state index < -0.39 is 0 Å². The fourth-order valence-corrected chi connectivity index (χ4v) is 1.30. The monoisotopic (exact) mass is 208 g/mol. The second-order valence-corrected chi connectivity index (χ2v) is 3.51. The van der Waals surface area contributed by atoms with Gasteiger partial charge < -0.3 is 5.32 Å². The molecule has 0 fully saturated rings. The van der Waals surface area contributed by atoms with Crippen molar-refractivity contribution in [2.45, 2.75) is 26.2 Å². The van der Waals surface area contributed by atoms with Crippen LogP contribution in [0, 0.1) is 0 Å². The molecule has 0 atom stereocenters. The van der Waals surface area contributed by atoms with E-state index in [1.54, 1.807) is 11.0 Å². The van der Waals surface area contributed by atoms with Crippen molar-refractivity contribution in [3.63, 3.8) is 0 Å². The van der Waals surface area contributed by atoms with E-state index >= 15 is 0 Å². The Morgan fingerprint density at radius 2 is 2.27 bits per heavy atom. The zero-order valence-corrected chi connectivity index (χ0v) is 9.61. The van der Waals surface area contributed by atoms with Crippen molar-refractivity contribution in [1.82, 2.24) is 20.1 Å². The molecule has 0 saturated carbocycles. The highest BCUT2D eigenvalue weighted by molar-refractivity contribution is 4.95. The van der Waals surface area contributed by atoms with Crippen molar-refractivity contribution in [1.29, 1.82) is 0 Å². The lowest BCUT2D eigenvalue weighted by Gasteiger charge is -1.98. The standard InChI is InChI=1S/C11H20N4/c1-3-8-12-9-6-4-5-7-11-13-10-14-15(11)2/h4-5,10,12H,3,6-9H2,1-2H3. The maximum Gasteiger partial charge on any atom is 0.138 e. The summed E-state index contributed by atoms with van der Waals surface area (Å²) >= 11 is 0. The number of allylic oxidation sites excluding steroid dienone is 1. The van der Waals surface area contributed by atoms with E-state index in [4.69, 9.17) is 0 Å². The summed E-state index contributed by atoms with van der Waals surface area (Å²) in [6.45, 7) is 4.34. The number of nitrogens with one attached hydrogen (secondary N) is 1. The van der Waals surface area contributed by atoms with Gasteiger partial charge in [0.25, 0.3) is 0 Å². The fourth-order valence-electron chi connectivity index (χ4n) is 1.30. The molecule has 1 aromatic heterocycles. The number of hydrogen-bond donors (Lipinski definition) is 1. The van der Waals surface area contributed by atoms with E-state index in [9.17, 15) is 0 Å².